The number of amides is 1. The SMILES string of the molecule is O=C(O)c1ccc(N2CCN(C(=O)CCOc3cccc4ccccc34)CC2)cc1. The molecule has 0 spiro atoms. The number of carboxylic acids is 1. The van der Waals surface area contributed by atoms with Crippen molar-refractivity contribution in [3.8, 4) is 5.75 Å². The molecule has 6 nitrogen and oxygen atoms in total. The molecule has 0 radical (unpaired) electrons. The van der Waals surface area contributed by atoms with E-state index in [2.05, 4.69) is 4.90 Å². The summed E-state index contributed by atoms with van der Waals surface area (Å²) >= 11 is 0. The van der Waals surface area contributed by atoms with Gasteiger partial charge in [0.05, 0.1) is 18.6 Å². The van der Waals surface area contributed by atoms with Crippen LogP contribution in [0.5, 0.6) is 5.75 Å². The van der Waals surface area contributed by atoms with E-state index in [1.807, 2.05) is 59.5 Å². The van der Waals surface area contributed by atoms with E-state index in [9.17, 15) is 9.59 Å². The van der Waals surface area contributed by atoms with E-state index >= 15 is 0 Å². The molecule has 1 heterocycles. The van der Waals surface area contributed by atoms with E-state index in [-0.39, 0.29) is 11.5 Å². The van der Waals surface area contributed by atoms with Crippen LogP contribution < -0.4 is 9.64 Å². The lowest BCUT2D eigenvalue weighted by atomic mass is 10.1. The summed E-state index contributed by atoms with van der Waals surface area (Å²) in [6.07, 6.45) is 0.344. The third-order valence-electron chi connectivity index (χ3n) is 5.43. The summed E-state index contributed by atoms with van der Waals surface area (Å²) in [5.74, 6) is -0.0330. The maximum Gasteiger partial charge on any atom is 0.335 e. The van der Waals surface area contributed by atoms with Gasteiger partial charge in [-0.25, -0.2) is 4.79 Å². The average Bonchev–Trinajstić information content (AvgIpc) is 2.79. The summed E-state index contributed by atoms with van der Waals surface area (Å²) in [5, 5.41) is 11.2. The zero-order chi connectivity index (χ0) is 20.9. The van der Waals surface area contributed by atoms with Crippen molar-refractivity contribution < 1.29 is 19.4 Å². The number of piperazine rings is 1. The Morgan fingerprint density at radius 2 is 1.57 bits per heavy atom. The number of benzene rings is 3. The third kappa shape index (κ3) is 4.38. The molecule has 0 aliphatic carbocycles. The highest BCUT2D eigenvalue weighted by molar-refractivity contribution is 5.88. The molecular formula is C24H24N2O4. The monoisotopic (exact) mass is 404 g/mol. The Morgan fingerprint density at radius 1 is 0.867 bits per heavy atom. The van der Waals surface area contributed by atoms with Gasteiger partial charge in [-0.05, 0) is 35.7 Å². The quantitative estimate of drug-likeness (QED) is 0.679. The summed E-state index contributed by atoms with van der Waals surface area (Å²) in [4.78, 5) is 27.6. The van der Waals surface area contributed by atoms with Crippen molar-refractivity contribution >= 4 is 28.3 Å². The summed E-state index contributed by atoms with van der Waals surface area (Å²) in [6, 6.07) is 20.8. The number of carboxylic acid groups (broad SMARTS) is 1. The van der Waals surface area contributed by atoms with Crippen LogP contribution in [0.2, 0.25) is 0 Å². The van der Waals surface area contributed by atoms with Gasteiger partial charge in [0.15, 0.2) is 0 Å². The molecule has 0 saturated carbocycles. The molecule has 30 heavy (non-hydrogen) atoms. The first kappa shape index (κ1) is 19.8. The minimum Gasteiger partial charge on any atom is -0.492 e. The van der Waals surface area contributed by atoms with Gasteiger partial charge < -0.3 is 19.6 Å². The van der Waals surface area contributed by atoms with Crippen molar-refractivity contribution in [2.24, 2.45) is 0 Å². The third-order valence-corrected chi connectivity index (χ3v) is 5.43. The van der Waals surface area contributed by atoms with Crippen molar-refractivity contribution in [3.05, 3.63) is 72.3 Å². The molecule has 4 rings (SSSR count). The van der Waals surface area contributed by atoms with Gasteiger partial charge in [0.1, 0.15) is 5.75 Å². The Bertz CT molecular complexity index is 1040. The van der Waals surface area contributed by atoms with Crippen LogP contribution >= 0.6 is 0 Å². The van der Waals surface area contributed by atoms with E-state index < -0.39 is 5.97 Å². The molecule has 1 fully saturated rings. The number of anilines is 1. The lowest BCUT2D eigenvalue weighted by molar-refractivity contribution is -0.132. The van der Waals surface area contributed by atoms with Gasteiger partial charge in [-0.15, -0.1) is 0 Å². The molecular weight excluding hydrogens is 380 g/mol. The fourth-order valence-corrected chi connectivity index (χ4v) is 3.76. The number of fused-ring (bicyclic) bond motifs is 1. The number of ether oxygens (including phenoxy) is 1. The van der Waals surface area contributed by atoms with Crippen LogP contribution in [-0.4, -0.2) is 54.7 Å². The largest absolute Gasteiger partial charge is 0.492 e. The van der Waals surface area contributed by atoms with E-state index in [1.165, 1.54) is 0 Å². The number of carbonyl (C=O) groups excluding carboxylic acids is 1. The lowest BCUT2D eigenvalue weighted by Crippen LogP contribution is -2.49. The van der Waals surface area contributed by atoms with E-state index in [4.69, 9.17) is 9.84 Å². The fraction of sp³-hybridized carbons (Fsp3) is 0.250. The summed E-state index contributed by atoms with van der Waals surface area (Å²) in [6.45, 7) is 3.09. The van der Waals surface area contributed by atoms with E-state index in [1.54, 1.807) is 12.1 Å². The normalized spacial score (nSPS) is 14.0. The Morgan fingerprint density at radius 3 is 2.30 bits per heavy atom. The molecule has 6 heteroatoms. The zero-order valence-electron chi connectivity index (χ0n) is 16.7. The minimum absolute atomic E-state index is 0.0936. The molecule has 1 aliphatic rings. The molecule has 0 unspecified atom stereocenters. The minimum atomic E-state index is -0.928. The standard InChI is InChI=1S/C24H24N2O4/c27-23(12-17-30-22-7-3-5-18-4-1-2-6-21(18)22)26-15-13-25(14-16-26)20-10-8-19(9-11-20)24(28)29/h1-11H,12-17H2,(H,28,29). The molecule has 0 bridgehead atoms. The van der Waals surface area contributed by atoms with Crippen molar-refractivity contribution in [1.82, 2.24) is 4.90 Å². The second kappa shape index (κ2) is 8.86. The van der Waals surface area contributed by atoms with Crippen LogP contribution in [0.15, 0.2) is 66.7 Å². The van der Waals surface area contributed by atoms with Gasteiger partial charge in [-0.1, -0.05) is 36.4 Å². The van der Waals surface area contributed by atoms with Crippen molar-refractivity contribution in [2.75, 3.05) is 37.7 Å². The van der Waals surface area contributed by atoms with Crippen molar-refractivity contribution in [1.29, 1.82) is 0 Å². The molecule has 1 aliphatic heterocycles. The Kier molecular flexibility index (Phi) is 5.84. The van der Waals surface area contributed by atoms with Crippen molar-refractivity contribution in [3.63, 3.8) is 0 Å². The van der Waals surface area contributed by atoms with Gasteiger partial charge in [0.25, 0.3) is 0 Å². The smallest absolute Gasteiger partial charge is 0.335 e. The molecule has 0 atom stereocenters. The highest BCUT2D eigenvalue weighted by Crippen LogP contribution is 2.25. The predicted molar refractivity (Wildman–Crippen MR) is 116 cm³/mol. The number of nitrogens with zero attached hydrogens (tertiary/aromatic N) is 2. The van der Waals surface area contributed by atoms with Gasteiger partial charge in [0.2, 0.25) is 5.91 Å². The Labute approximate surface area is 175 Å². The van der Waals surface area contributed by atoms with Crippen LogP contribution in [-0.2, 0) is 4.79 Å². The Hall–Kier alpha value is -3.54. The van der Waals surface area contributed by atoms with Gasteiger partial charge in [0, 0.05) is 37.3 Å². The van der Waals surface area contributed by atoms with Crippen LogP contribution in [0.4, 0.5) is 5.69 Å². The summed E-state index contributed by atoms with van der Waals surface area (Å²) in [5.41, 5.74) is 1.25. The van der Waals surface area contributed by atoms with Crippen LogP contribution in [0.3, 0.4) is 0 Å². The van der Waals surface area contributed by atoms with Gasteiger partial charge in [-0.2, -0.15) is 0 Å². The summed E-state index contributed by atoms with van der Waals surface area (Å²) in [7, 11) is 0. The maximum absolute atomic E-state index is 12.6. The second-order valence-corrected chi connectivity index (χ2v) is 7.30. The van der Waals surface area contributed by atoms with Crippen LogP contribution in [0.25, 0.3) is 10.8 Å². The van der Waals surface area contributed by atoms with E-state index in [0.717, 1.165) is 35.3 Å². The number of aromatic carboxylic acids is 1. The topological polar surface area (TPSA) is 70.1 Å². The van der Waals surface area contributed by atoms with E-state index in [0.29, 0.717) is 26.1 Å². The highest BCUT2D eigenvalue weighted by atomic mass is 16.5. The molecule has 1 amide bonds. The lowest BCUT2D eigenvalue weighted by Gasteiger charge is -2.36. The fourth-order valence-electron chi connectivity index (χ4n) is 3.76. The predicted octanol–water partition coefficient (Wildman–Crippen LogP) is 3.66. The highest BCUT2D eigenvalue weighted by Gasteiger charge is 2.21. The number of carbonyl (C=O) groups is 2. The number of hydrogen-bond donors (Lipinski definition) is 1. The van der Waals surface area contributed by atoms with Crippen LogP contribution in [0, 0.1) is 0 Å². The first-order chi connectivity index (χ1) is 14.6. The first-order valence-electron chi connectivity index (χ1n) is 10.1. The molecule has 1 saturated heterocycles. The average molecular weight is 404 g/mol. The first-order valence-corrected chi connectivity index (χ1v) is 10.1. The maximum atomic E-state index is 12.6. The van der Waals surface area contributed by atoms with Gasteiger partial charge >= 0.3 is 5.97 Å². The van der Waals surface area contributed by atoms with Crippen molar-refractivity contribution in [2.45, 2.75) is 6.42 Å². The number of hydrogen-bond acceptors (Lipinski definition) is 4. The summed E-state index contributed by atoms with van der Waals surface area (Å²) < 4.78 is 5.90. The molecule has 154 valence electrons. The number of rotatable bonds is 6. The van der Waals surface area contributed by atoms with Crippen LogP contribution in [0.1, 0.15) is 16.8 Å². The Balaban J connectivity index is 1.27. The second-order valence-electron chi connectivity index (χ2n) is 7.30. The molecule has 0 aromatic heterocycles. The molecule has 1 N–H and O–H groups in total. The zero-order valence-corrected chi connectivity index (χ0v) is 16.7. The molecule has 3 aromatic rings. The molecule has 3 aromatic carbocycles. The van der Waals surface area contributed by atoms with Gasteiger partial charge in [-0.3, -0.25) is 4.79 Å².